The highest BCUT2D eigenvalue weighted by Gasteiger charge is 2.11. The van der Waals surface area contributed by atoms with Gasteiger partial charge in [0.25, 0.3) is 0 Å². The molecule has 19 heavy (non-hydrogen) atoms. The van der Waals surface area contributed by atoms with Crippen LogP contribution in [0.3, 0.4) is 0 Å². The summed E-state index contributed by atoms with van der Waals surface area (Å²) in [4.78, 5) is 26.8. The molecule has 7 nitrogen and oxygen atoms in total. The lowest BCUT2D eigenvalue weighted by atomic mass is 10.4. The first kappa shape index (κ1) is 13.3. The molecule has 0 saturated carbocycles. The highest BCUT2D eigenvalue weighted by molar-refractivity contribution is 7.99. The van der Waals surface area contributed by atoms with Crippen LogP contribution in [0.5, 0.6) is 0 Å². The molecule has 100 valence electrons. The molecule has 2 aromatic heterocycles. The second-order valence-electron chi connectivity index (χ2n) is 3.75. The summed E-state index contributed by atoms with van der Waals surface area (Å²) >= 11 is 1.22. The van der Waals surface area contributed by atoms with E-state index < -0.39 is 5.97 Å². The number of nitrogens with zero attached hydrogens (tertiary/aromatic N) is 3. The summed E-state index contributed by atoms with van der Waals surface area (Å²) in [5.41, 5.74) is -0.304. The molecule has 0 aliphatic heterocycles. The van der Waals surface area contributed by atoms with E-state index in [-0.39, 0.29) is 11.4 Å². The molecule has 2 aromatic rings. The molecule has 0 unspecified atom stereocenters. The van der Waals surface area contributed by atoms with E-state index in [9.17, 15) is 9.59 Å². The summed E-state index contributed by atoms with van der Waals surface area (Å²) in [6, 6.07) is 3.12. The SMILES string of the molecule is CCCn1c(Sc2ccnc(C(=O)O)c2)n[nH]c1=O. The Kier molecular flexibility index (Phi) is 4.00. The molecular formula is C11H12N4O3S. The average molecular weight is 280 g/mol. The molecule has 2 N–H and O–H groups in total. The Labute approximate surface area is 112 Å². The molecule has 0 spiro atoms. The molecule has 0 aliphatic rings. The number of aromatic carboxylic acids is 1. The van der Waals surface area contributed by atoms with Gasteiger partial charge in [-0.1, -0.05) is 6.92 Å². The highest BCUT2D eigenvalue weighted by atomic mass is 32.2. The van der Waals surface area contributed by atoms with Crippen molar-refractivity contribution in [3.05, 3.63) is 34.5 Å². The number of carboxylic acids is 1. The number of pyridine rings is 1. The van der Waals surface area contributed by atoms with Gasteiger partial charge in [0.1, 0.15) is 5.69 Å². The Bertz CT molecular complexity index is 649. The van der Waals surface area contributed by atoms with E-state index in [0.717, 1.165) is 6.42 Å². The van der Waals surface area contributed by atoms with E-state index >= 15 is 0 Å². The fourth-order valence-corrected chi connectivity index (χ4v) is 2.38. The number of nitrogens with one attached hydrogen (secondary N) is 1. The van der Waals surface area contributed by atoms with Gasteiger partial charge in [-0.05, 0) is 30.3 Å². The van der Waals surface area contributed by atoms with Crippen LogP contribution >= 0.6 is 11.8 Å². The van der Waals surface area contributed by atoms with E-state index in [2.05, 4.69) is 15.2 Å². The minimum Gasteiger partial charge on any atom is -0.477 e. The third kappa shape index (κ3) is 3.02. The third-order valence-electron chi connectivity index (χ3n) is 2.33. The maximum Gasteiger partial charge on any atom is 0.354 e. The smallest absolute Gasteiger partial charge is 0.354 e. The third-order valence-corrected chi connectivity index (χ3v) is 3.31. The summed E-state index contributed by atoms with van der Waals surface area (Å²) < 4.78 is 1.52. The fraction of sp³-hybridized carbons (Fsp3) is 0.273. The molecule has 0 radical (unpaired) electrons. The molecule has 2 heterocycles. The molecule has 8 heteroatoms. The van der Waals surface area contributed by atoms with Crippen LogP contribution in [-0.4, -0.2) is 30.8 Å². The lowest BCUT2D eigenvalue weighted by Crippen LogP contribution is -2.17. The molecule has 0 amide bonds. The number of hydrogen-bond donors (Lipinski definition) is 2. The first-order valence-electron chi connectivity index (χ1n) is 5.64. The largest absolute Gasteiger partial charge is 0.477 e. The van der Waals surface area contributed by atoms with Crippen molar-refractivity contribution in [2.75, 3.05) is 0 Å². The van der Waals surface area contributed by atoms with Crippen molar-refractivity contribution in [1.82, 2.24) is 19.7 Å². The monoisotopic (exact) mass is 280 g/mol. The number of aromatic nitrogens is 4. The van der Waals surface area contributed by atoms with Crippen molar-refractivity contribution in [3.8, 4) is 0 Å². The Hall–Kier alpha value is -2.09. The van der Waals surface area contributed by atoms with Crippen LogP contribution in [0, 0.1) is 0 Å². The van der Waals surface area contributed by atoms with Gasteiger partial charge < -0.3 is 5.11 Å². The van der Waals surface area contributed by atoms with Gasteiger partial charge in [-0.2, -0.15) is 0 Å². The molecule has 0 aromatic carbocycles. The maximum absolute atomic E-state index is 11.5. The zero-order valence-corrected chi connectivity index (χ0v) is 11.0. The lowest BCUT2D eigenvalue weighted by molar-refractivity contribution is 0.0690. The lowest BCUT2D eigenvalue weighted by Gasteiger charge is -2.03. The van der Waals surface area contributed by atoms with Crippen molar-refractivity contribution >= 4 is 17.7 Å². The Morgan fingerprint density at radius 3 is 3.05 bits per heavy atom. The van der Waals surface area contributed by atoms with Crippen molar-refractivity contribution in [1.29, 1.82) is 0 Å². The Balaban J connectivity index is 2.28. The molecule has 0 bridgehead atoms. The Morgan fingerprint density at radius 2 is 2.37 bits per heavy atom. The molecule has 2 rings (SSSR count). The van der Waals surface area contributed by atoms with E-state index in [1.807, 2.05) is 6.92 Å². The van der Waals surface area contributed by atoms with Crippen LogP contribution in [0.1, 0.15) is 23.8 Å². The Morgan fingerprint density at radius 1 is 1.58 bits per heavy atom. The summed E-state index contributed by atoms with van der Waals surface area (Å²) in [6.07, 6.45) is 2.23. The van der Waals surface area contributed by atoms with E-state index in [1.54, 1.807) is 6.07 Å². The van der Waals surface area contributed by atoms with E-state index in [4.69, 9.17) is 5.11 Å². The summed E-state index contributed by atoms with van der Waals surface area (Å²) in [5.74, 6) is -1.09. The van der Waals surface area contributed by atoms with Gasteiger partial charge in [0, 0.05) is 17.6 Å². The minimum atomic E-state index is -1.09. The van der Waals surface area contributed by atoms with Crippen molar-refractivity contribution in [3.63, 3.8) is 0 Å². The van der Waals surface area contributed by atoms with Crippen molar-refractivity contribution in [2.45, 2.75) is 29.9 Å². The first-order valence-corrected chi connectivity index (χ1v) is 6.46. The number of carbonyl (C=O) groups is 1. The molecular weight excluding hydrogens is 268 g/mol. The molecule has 0 fully saturated rings. The highest BCUT2D eigenvalue weighted by Crippen LogP contribution is 2.25. The van der Waals surface area contributed by atoms with Gasteiger partial charge in [-0.15, -0.1) is 5.10 Å². The van der Waals surface area contributed by atoms with Crippen LogP contribution in [-0.2, 0) is 6.54 Å². The van der Waals surface area contributed by atoms with Crippen molar-refractivity contribution in [2.24, 2.45) is 0 Å². The average Bonchev–Trinajstić information content (AvgIpc) is 2.72. The second-order valence-corrected chi connectivity index (χ2v) is 4.79. The first-order chi connectivity index (χ1) is 9.11. The standard InChI is InChI=1S/C11H12N4O3S/c1-2-5-15-10(18)13-14-11(15)19-7-3-4-12-8(6-7)9(16)17/h3-4,6H,2,5H2,1H3,(H,13,18)(H,16,17). The number of hydrogen-bond acceptors (Lipinski definition) is 5. The zero-order chi connectivity index (χ0) is 13.8. The van der Waals surface area contributed by atoms with Crippen LogP contribution < -0.4 is 5.69 Å². The van der Waals surface area contributed by atoms with E-state index in [0.29, 0.717) is 16.6 Å². The van der Waals surface area contributed by atoms with Gasteiger partial charge in [-0.25, -0.2) is 19.7 Å². The normalized spacial score (nSPS) is 10.6. The number of carboxylic acid groups (broad SMARTS) is 1. The molecule has 0 aliphatic carbocycles. The van der Waals surface area contributed by atoms with E-state index in [1.165, 1.54) is 28.6 Å². The number of H-pyrrole nitrogens is 1. The van der Waals surface area contributed by atoms with Gasteiger partial charge in [0.15, 0.2) is 5.16 Å². The zero-order valence-electron chi connectivity index (χ0n) is 10.2. The van der Waals surface area contributed by atoms with Crippen molar-refractivity contribution < 1.29 is 9.90 Å². The van der Waals surface area contributed by atoms with Crippen LogP contribution in [0.4, 0.5) is 0 Å². The molecule has 0 saturated heterocycles. The van der Waals surface area contributed by atoms with Gasteiger partial charge in [0.2, 0.25) is 0 Å². The quantitative estimate of drug-likeness (QED) is 0.854. The minimum absolute atomic E-state index is 0.0371. The van der Waals surface area contributed by atoms with Crippen LogP contribution in [0.2, 0.25) is 0 Å². The van der Waals surface area contributed by atoms with Crippen LogP contribution in [0.15, 0.2) is 33.2 Å². The summed E-state index contributed by atoms with van der Waals surface area (Å²) in [6.45, 7) is 2.53. The van der Waals surface area contributed by atoms with Crippen LogP contribution in [0.25, 0.3) is 0 Å². The summed E-state index contributed by atoms with van der Waals surface area (Å²) in [5, 5.41) is 15.7. The van der Waals surface area contributed by atoms with Gasteiger partial charge >= 0.3 is 11.7 Å². The topological polar surface area (TPSA) is 101 Å². The maximum atomic E-state index is 11.5. The summed E-state index contributed by atoms with van der Waals surface area (Å²) in [7, 11) is 0. The van der Waals surface area contributed by atoms with Gasteiger partial charge in [0.05, 0.1) is 0 Å². The number of aromatic amines is 1. The number of rotatable bonds is 5. The molecule has 0 atom stereocenters. The second kappa shape index (κ2) is 5.70. The predicted octanol–water partition coefficient (Wildman–Crippen LogP) is 1.23. The van der Waals surface area contributed by atoms with Gasteiger partial charge in [-0.3, -0.25) is 4.57 Å². The predicted molar refractivity (Wildman–Crippen MR) is 68.5 cm³/mol. The fourth-order valence-electron chi connectivity index (χ4n) is 1.50.